The second-order valence-electron chi connectivity index (χ2n) is 11.5. The average Bonchev–Trinajstić information content (AvgIpc) is 3.35. The molecule has 222 valence electrons. The number of carbonyl (C=O) groups is 2. The molecule has 2 heterocycles. The maximum Gasteiger partial charge on any atom is 0.410 e. The van der Waals surface area contributed by atoms with Gasteiger partial charge in [-0.15, -0.1) is 5.10 Å². The van der Waals surface area contributed by atoms with Gasteiger partial charge in [-0.25, -0.2) is 9.48 Å². The summed E-state index contributed by atoms with van der Waals surface area (Å²) in [6.07, 6.45) is 1.93. The molecule has 1 aromatic heterocycles. The molecule has 2 amide bonds. The number of hydrogen-bond acceptors (Lipinski definition) is 8. The predicted molar refractivity (Wildman–Crippen MR) is 150 cm³/mol. The summed E-state index contributed by atoms with van der Waals surface area (Å²) in [5.74, 6) is 0.763. The van der Waals surface area contributed by atoms with Gasteiger partial charge in [0.2, 0.25) is 5.91 Å². The maximum atomic E-state index is 13.5. The first-order valence-corrected chi connectivity index (χ1v) is 13.9. The maximum absolute atomic E-state index is 13.5. The minimum Gasteiger partial charge on any atom is -0.497 e. The van der Waals surface area contributed by atoms with Gasteiger partial charge in [0.05, 0.1) is 57.5 Å². The zero-order valence-electron chi connectivity index (χ0n) is 25.0. The number of fused-ring (bicyclic) bond motifs is 1. The molecule has 0 aliphatic carbocycles. The number of amides is 2. The van der Waals surface area contributed by atoms with E-state index < -0.39 is 11.7 Å². The molecule has 1 aliphatic rings. The predicted octanol–water partition coefficient (Wildman–Crippen LogP) is 3.90. The Balaban J connectivity index is 1.72. The highest BCUT2D eigenvalue weighted by Gasteiger charge is 2.30. The molecular weight excluding hydrogens is 514 g/mol. The molecule has 0 N–H and O–H groups in total. The van der Waals surface area contributed by atoms with Gasteiger partial charge >= 0.3 is 6.09 Å². The van der Waals surface area contributed by atoms with Crippen LogP contribution in [0.15, 0.2) is 30.5 Å². The van der Waals surface area contributed by atoms with Gasteiger partial charge in [-0.3, -0.25) is 4.79 Å². The van der Waals surface area contributed by atoms with Crippen LogP contribution in [0.2, 0.25) is 0 Å². The Morgan fingerprint density at radius 3 is 2.65 bits per heavy atom. The lowest BCUT2D eigenvalue weighted by atomic mass is 10.0. The van der Waals surface area contributed by atoms with Crippen LogP contribution in [0.5, 0.6) is 5.75 Å². The highest BCUT2D eigenvalue weighted by molar-refractivity contribution is 5.76. The lowest BCUT2D eigenvalue weighted by Crippen LogP contribution is -2.48. The summed E-state index contributed by atoms with van der Waals surface area (Å²) in [5, 5.41) is 8.20. The Hall–Kier alpha value is -3.18. The number of ether oxygens (including phenoxy) is 4. The van der Waals surface area contributed by atoms with Gasteiger partial charge < -0.3 is 28.7 Å². The summed E-state index contributed by atoms with van der Waals surface area (Å²) in [5.41, 5.74) is 1.26. The van der Waals surface area contributed by atoms with Gasteiger partial charge in [0.25, 0.3) is 0 Å². The zero-order chi connectivity index (χ0) is 29.3. The van der Waals surface area contributed by atoms with Gasteiger partial charge in [-0.05, 0) is 51.8 Å². The molecule has 0 unspecified atom stereocenters. The summed E-state index contributed by atoms with van der Waals surface area (Å²) in [4.78, 5) is 29.6. The number of nitrogens with zero attached hydrogens (tertiary/aromatic N) is 5. The fourth-order valence-corrected chi connectivity index (χ4v) is 4.49. The van der Waals surface area contributed by atoms with E-state index in [0.29, 0.717) is 52.3 Å². The van der Waals surface area contributed by atoms with Crippen molar-refractivity contribution < 1.29 is 28.5 Å². The van der Waals surface area contributed by atoms with Crippen molar-refractivity contribution in [3.63, 3.8) is 0 Å². The molecule has 40 heavy (non-hydrogen) atoms. The summed E-state index contributed by atoms with van der Waals surface area (Å²) in [7, 11) is 3.34. The summed E-state index contributed by atoms with van der Waals surface area (Å²) < 4.78 is 24.9. The van der Waals surface area contributed by atoms with E-state index in [-0.39, 0.29) is 24.0 Å². The van der Waals surface area contributed by atoms with Crippen LogP contribution in [0.4, 0.5) is 4.79 Å². The SMILES string of the molecule is COc1ccc(COC[C@@H](C)N2C[C@H](C)[C@H](CN(C)C(=O)OC(C)(C)C)OCc3cnnn3CCCC2=O)cc1. The second-order valence-corrected chi connectivity index (χ2v) is 11.5. The van der Waals surface area contributed by atoms with Crippen molar-refractivity contribution >= 4 is 12.0 Å². The quantitative estimate of drug-likeness (QED) is 0.479. The van der Waals surface area contributed by atoms with Crippen molar-refractivity contribution in [3.8, 4) is 5.75 Å². The number of hydrogen-bond donors (Lipinski definition) is 0. The largest absolute Gasteiger partial charge is 0.497 e. The highest BCUT2D eigenvalue weighted by Crippen LogP contribution is 2.20. The monoisotopic (exact) mass is 559 g/mol. The van der Waals surface area contributed by atoms with E-state index in [1.807, 2.05) is 63.8 Å². The number of aryl methyl sites for hydroxylation is 1. The Morgan fingerprint density at radius 2 is 1.98 bits per heavy atom. The molecule has 0 fully saturated rings. The lowest BCUT2D eigenvalue weighted by molar-refractivity contribution is -0.137. The molecule has 0 bridgehead atoms. The fraction of sp³-hybridized carbons (Fsp3) is 0.655. The van der Waals surface area contributed by atoms with Crippen LogP contribution in [0.25, 0.3) is 0 Å². The molecule has 0 radical (unpaired) electrons. The average molecular weight is 560 g/mol. The van der Waals surface area contributed by atoms with Crippen molar-refractivity contribution in [2.45, 2.75) is 85.0 Å². The van der Waals surface area contributed by atoms with Gasteiger partial charge in [0.1, 0.15) is 11.4 Å². The first-order valence-electron chi connectivity index (χ1n) is 13.9. The third-order valence-corrected chi connectivity index (χ3v) is 6.82. The number of carbonyl (C=O) groups excluding carboxylic acids is 2. The van der Waals surface area contributed by atoms with Crippen LogP contribution in [-0.2, 0) is 38.8 Å². The first-order chi connectivity index (χ1) is 19.0. The minimum atomic E-state index is -0.604. The van der Waals surface area contributed by atoms with Crippen LogP contribution in [-0.4, -0.2) is 88.4 Å². The van der Waals surface area contributed by atoms with Crippen LogP contribution in [0.1, 0.15) is 58.7 Å². The third kappa shape index (κ3) is 9.48. The molecule has 1 aliphatic heterocycles. The molecule has 2 aromatic rings. The number of aromatic nitrogens is 3. The van der Waals surface area contributed by atoms with E-state index in [2.05, 4.69) is 10.3 Å². The van der Waals surface area contributed by atoms with Gasteiger partial charge in [0.15, 0.2) is 0 Å². The molecule has 3 rings (SSSR count). The zero-order valence-corrected chi connectivity index (χ0v) is 25.0. The standard InChI is InChI=1S/C29H45N5O6/c1-21-16-33(22(2)18-38-19-23-10-12-25(37-7)13-11-23)27(35)9-8-14-34-24(15-30-31-34)20-39-26(21)17-32(6)28(36)40-29(3,4)5/h10-13,15,21-22,26H,8-9,14,16-20H2,1-7H3/t21-,22+,26-/m0/s1. The molecule has 11 nitrogen and oxygen atoms in total. The molecule has 1 aromatic carbocycles. The smallest absolute Gasteiger partial charge is 0.410 e. The highest BCUT2D eigenvalue weighted by atomic mass is 16.6. The van der Waals surface area contributed by atoms with Crippen LogP contribution in [0, 0.1) is 5.92 Å². The van der Waals surface area contributed by atoms with Crippen molar-refractivity contribution in [2.75, 3.05) is 33.9 Å². The Morgan fingerprint density at radius 1 is 1.25 bits per heavy atom. The Labute approximate surface area is 237 Å². The summed E-state index contributed by atoms with van der Waals surface area (Å²) in [6, 6.07) is 7.59. The molecule has 11 heteroatoms. The number of likely N-dealkylation sites (N-methyl/N-ethyl adjacent to an activating group) is 1. The van der Waals surface area contributed by atoms with E-state index >= 15 is 0 Å². The van der Waals surface area contributed by atoms with Crippen molar-refractivity contribution in [2.24, 2.45) is 5.92 Å². The van der Waals surface area contributed by atoms with Crippen molar-refractivity contribution in [1.82, 2.24) is 24.8 Å². The summed E-state index contributed by atoms with van der Waals surface area (Å²) >= 11 is 0. The normalized spacial score (nSPS) is 19.7. The topological polar surface area (TPSA) is 108 Å². The first kappa shape index (κ1) is 31.3. The van der Waals surface area contributed by atoms with E-state index in [1.165, 1.54) is 4.90 Å². The van der Waals surface area contributed by atoms with Crippen LogP contribution >= 0.6 is 0 Å². The van der Waals surface area contributed by atoms with Crippen LogP contribution in [0.3, 0.4) is 0 Å². The number of methoxy groups -OCH3 is 1. The van der Waals surface area contributed by atoms with Gasteiger partial charge in [-0.2, -0.15) is 0 Å². The fourth-order valence-electron chi connectivity index (χ4n) is 4.49. The van der Waals surface area contributed by atoms with Crippen molar-refractivity contribution in [1.29, 1.82) is 0 Å². The van der Waals surface area contributed by atoms with Crippen molar-refractivity contribution in [3.05, 3.63) is 41.7 Å². The second kappa shape index (κ2) is 14.5. The lowest BCUT2D eigenvalue weighted by Gasteiger charge is -2.36. The van der Waals surface area contributed by atoms with Gasteiger partial charge in [0, 0.05) is 32.5 Å². The minimum absolute atomic E-state index is 0.0499. The molecule has 3 atom stereocenters. The number of benzene rings is 1. The molecule has 0 saturated heterocycles. The van der Waals surface area contributed by atoms with E-state index in [1.54, 1.807) is 25.0 Å². The van der Waals surface area contributed by atoms with E-state index in [9.17, 15) is 9.59 Å². The number of rotatable bonds is 8. The molecular formula is C29H45N5O6. The summed E-state index contributed by atoms with van der Waals surface area (Å²) in [6.45, 7) is 12.0. The molecule has 0 saturated carbocycles. The Bertz CT molecular complexity index is 1080. The Kier molecular flexibility index (Phi) is 11.3. The van der Waals surface area contributed by atoms with Gasteiger partial charge in [-0.1, -0.05) is 24.3 Å². The molecule has 0 spiro atoms. The van der Waals surface area contributed by atoms with E-state index in [4.69, 9.17) is 18.9 Å². The van der Waals surface area contributed by atoms with Crippen LogP contribution < -0.4 is 4.74 Å². The van der Waals surface area contributed by atoms with E-state index in [0.717, 1.165) is 17.0 Å². The third-order valence-electron chi connectivity index (χ3n) is 6.82.